The first-order chi connectivity index (χ1) is 21.7. The van der Waals surface area contributed by atoms with Gasteiger partial charge in [-0.2, -0.15) is 0 Å². The summed E-state index contributed by atoms with van der Waals surface area (Å²) in [5.74, 6) is -2.84. The van der Waals surface area contributed by atoms with Gasteiger partial charge in [0.1, 0.15) is 11.8 Å². The molecule has 0 bridgehead atoms. The number of rotatable bonds is 8. The van der Waals surface area contributed by atoms with Crippen molar-refractivity contribution in [2.75, 3.05) is 35.8 Å². The third-order valence-corrected chi connectivity index (χ3v) is 10.4. The van der Waals surface area contributed by atoms with Gasteiger partial charge in [-0.1, -0.05) is 53.4 Å². The first-order valence-corrected chi connectivity index (χ1v) is 16.0. The maximum absolute atomic E-state index is 14.0. The molecule has 3 aromatic carbocycles. The van der Waals surface area contributed by atoms with Crippen LogP contribution < -0.4 is 20.0 Å². The first-order valence-electron chi connectivity index (χ1n) is 14.3. The van der Waals surface area contributed by atoms with E-state index >= 15 is 0 Å². The van der Waals surface area contributed by atoms with E-state index in [-0.39, 0.29) is 29.8 Å². The normalized spacial score (nSPS) is 18.7. The van der Waals surface area contributed by atoms with Crippen LogP contribution in [0.25, 0.3) is 0 Å². The zero-order valence-corrected chi connectivity index (χ0v) is 26.4. The van der Waals surface area contributed by atoms with E-state index in [2.05, 4.69) is 5.32 Å². The number of hydrogen-bond donors (Lipinski definition) is 1. The lowest BCUT2D eigenvalue weighted by Gasteiger charge is -2.31. The zero-order chi connectivity index (χ0) is 31.8. The number of thiazole rings is 1. The average Bonchev–Trinajstić information content (AvgIpc) is 3.48. The minimum absolute atomic E-state index is 0.253. The Bertz CT molecular complexity index is 1830. The number of benzene rings is 3. The molecule has 3 unspecified atom stereocenters. The summed E-state index contributed by atoms with van der Waals surface area (Å²) in [6.07, 6.45) is 0. The molecule has 2 aliphatic rings. The fraction of sp³-hybridized carbons (Fsp3) is 0.242. The molecule has 0 spiro atoms. The summed E-state index contributed by atoms with van der Waals surface area (Å²) < 4.78 is 6.38. The van der Waals surface area contributed by atoms with Crippen LogP contribution in [0.3, 0.4) is 0 Å². The van der Waals surface area contributed by atoms with Crippen LogP contribution >= 0.6 is 23.1 Å². The molecule has 0 aliphatic carbocycles. The second-order valence-electron chi connectivity index (χ2n) is 10.8. The number of ether oxygens (including phenoxy) is 1. The smallest absolute Gasteiger partial charge is 0.338 e. The highest BCUT2D eigenvalue weighted by molar-refractivity contribution is 8.00. The predicted molar refractivity (Wildman–Crippen MR) is 174 cm³/mol. The van der Waals surface area contributed by atoms with Gasteiger partial charge in [-0.25, -0.2) is 9.69 Å². The topological polar surface area (TPSA) is 118 Å². The lowest BCUT2D eigenvalue weighted by atomic mass is 9.83. The molecule has 45 heavy (non-hydrogen) atoms. The number of anilines is 3. The average molecular weight is 643 g/mol. The molecule has 3 heterocycles. The molecule has 3 amide bonds. The Balaban J connectivity index is 1.34. The van der Waals surface area contributed by atoms with Crippen LogP contribution in [0, 0.1) is 5.92 Å². The summed E-state index contributed by atoms with van der Waals surface area (Å²) in [5, 5.41) is 2.51. The number of fused-ring (bicyclic) bond motifs is 2. The minimum atomic E-state index is -0.775. The van der Waals surface area contributed by atoms with Crippen LogP contribution in [0.2, 0.25) is 0 Å². The molecule has 4 aromatic rings. The summed E-state index contributed by atoms with van der Waals surface area (Å²) in [5.41, 5.74) is 3.09. The predicted octanol–water partition coefficient (Wildman–Crippen LogP) is 4.59. The zero-order valence-electron chi connectivity index (χ0n) is 24.8. The molecule has 0 radical (unpaired) electrons. The molecule has 6 rings (SSSR count). The largest absolute Gasteiger partial charge is 0.462 e. The maximum atomic E-state index is 14.0. The number of thioether (sulfide) groups is 1. The van der Waals surface area contributed by atoms with Crippen LogP contribution in [-0.2, 0) is 25.7 Å². The Morgan fingerprint density at radius 2 is 1.60 bits per heavy atom. The summed E-state index contributed by atoms with van der Waals surface area (Å²) in [7, 11) is 3.87. The van der Waals surface area contributed by atoms with Gasteiger partial charge >= 0.3 is 10.8 Å². The number of amides is 3. The Morgan fingerprint density at radius 3 is 2.24 bits per heavy atom. The van der Waals surface area contributed by atoms with Gasteiger partial charge in [0.25, 0.3) is 0 Å². The van der Waals surface area contributed by atoms with Gasteiger partial charge in [0.05, 0.1) is 28.8 Å². The number of nitrogens with zero attached hydrogens (tertiary/aromatic N) is 3. The lowest BCUT2D eigenvalue weighted by molar-refractivity contribution is -0.122. The van der Waals surface area contributed by atoms with Crippen LogP contribution in [0.15, 0.2) is 88.7 Å². The van der Waals surface area contributed by atoms with Gasteiger partial charge in [0, 0.05) is 36.3 Å². The Labute approximate surface area is 267 Å². The number of imide groups is 1. The minimum Gasteiger partial charge on any atom is -0.462 e. The number of aromatic nitrogens is 1. The van der Waals surface area contributed by atoms with Crippen LogP contribution in [-0.4, -0.2) is 54.2 Å². The second kappa shape index (κ2) is 12.4. The molecule has 1 fully saturated rings. The van der Waals surface area contributed by atoms with Crippen LogP contribution in [0.5, 0.6) is 0 Å². The molecule has 3 atom stereocenters. The van der Waals surface area contributed by atoms with E-state index in [1.54, 1.807) is 55.5 Å². The van der Waals surface area contributed by atoms with Crippen molar-refractivity contribution in [2.45, 2.75) is 29.7 Å². The number of nitrogens with one attached hydrogen (secondary N) is 1. The van der Waals surface area contributed by atoms with Gasteiger partial charge in [0.15, 0.2) is 0 Å². The van der Waals surface area contributed by atoms with E-state index in [4.69, 9.17) is 4.74 Å². The molecule has 2 aliphatic heterocycles. The number of esters is 1. The number of carbonyl (C=O) groups is 4. The Hall–Kier alpha value is -4.68. The molecule has 10 nitrogen and oxygen atoms in total. The fourth-order valence-corrected chi connectivity index (χ4v) is 8.45. The highest BCUT2D eigenvalue weighted by atomic mass is 32.2. The van der Waals surface area contributed by atoms with Gasteiger partial charge < -0.3 is 15.0 Å². The molecule has 1 aromatic heterocycles. The van der Waals surface area contributed by atoms with E-state index in [9.17, 15) is 24.0 Å². The van der Waals surface area contributed by atoms with Gasteiger partial charge in [-0.3, -0.25) is 23.7 Å². The van der Waals surface area contributed by atoms with Crippen molar-refractivity contribution in [1.82, 2.24) is 4.57 Å². The first kappa shape index (κ1) is 30.4. The van der Waals surface area contributed by atoms with Crippen molar-refractivity contribution in [1.29, 1.82) is 0 Å². The van der Waals surface area contributed by atoms with E-state index in [1.807, 2.05) is 49.3 Å². The van der Waals surface area contributed by atoms with Crippen LogP contribution in [0.1, 0.15) is 33.6 Å². The molecule has 12 heteroatoms. The van der Waals surface area contributed by atoms with Gasteiger partial charge in [0.2, 0.25) is 17.7 Å². The van der Waals surface area contributed by atoms with Crippen molar-refractivity contribution in [3.05, 3.63) is 105 Å². The molecular weight excluding hydrogens is 613 g/mol. The third-order valence-electron chi connectivity index (χ3n) is 7.81. The van der Waals surface area contributed by atoms with Crippen molar-refractivity contribution in [3.8, 4) is 0 Å². The van der Waals surface area contributed by atoms with Crippen molar-refractivity contribution >= 4 is 63.9 Å². The number of para-hydroxylation sites is 1. The van der Waals surface area contributed by atoms with Crippen LogP contribution in [0.4, 0.5) is 17.1 Å². The number of carbonyl (C=O) groups excluding carboxylic acids is 4. The van der Waals surface area contributed by atoms with Crippen molar-refractivity contribution in [3.63, 3.8) is 0 Å². The van der Waals surface area contributed by atoms with Crippen molar-refractivity contribution in [2.24, 2.45) is 5.92 Å². The summed E-state index contributed by atoms with van der Waals surface area (Å²) >= 11 is 2.17. The van der Waals surface area contributed by atoms with Gasteiger partial charge in [-0.15, -0.1) is 0 Å². The molecule has 0 saturated carbocycles. The summed E-state index contributed by atoms with van der Waals surface area (Å²) in [4.78, 5) is 69.9. The monoisotopic (exact) mass is 642 g/mol. The standard InChI is InChI=1S/C33H30N4O6S2/c1-4-43-32(41)20-10-14-21(15-11-20)34-24(38)18-36-31-28(45-33(36)42)25(19-12-16-22(17-13-19)35(2)3)26-27(44-31)30(40)37(29(26)39)23-8-6-5-7-9-23/h5-17,25-27H,4,18H2,1-3H3,(H,34,38). The molecule has 1 saturated heterocycles. The summed E-state index contributed by atoms with van der Waals surface area (Å²) in [6.45, 7) is 1.69. The van der Waals surface area contributed by atoms with E-state index in [1.165, 1.54) is 21.2 Å². The van der Waals surface area contributed by atoms with E-state index in [0.717, 1.165) is 22.6 Å². The Kier molecular flexibility index (Phi) is 8.34. The fourth-order valence-electron chi connectivity index (χ4n) is 5.67. The van der Waals surface area contributed by atoms with Crippen molar-refractivity contribution < 1.29 is 23.9 Å². The van der Waals surface area contributed by atoms with E-state index in [0.29, 0.717) is 26.8 Å². The lowest BCUT2D eigenvalue weighted by Crippen LogP contribution is -2.33. The van der Waals surface area contributed by atoms with E-state index < -0.39 is 29.0 Å². The van der Waals surface area contributed by atoms with Gasteiger partial charge in [-0.05, 0) is 61.0 Å². The number of hydrogen-bond acceptors (Lipinski definition) is 9. The summed E-state index contributed by atoms with van der Waals surface area (Å²) in [6, 6.07) is 22.9. The highest BCUT2D eigenvalue weighted by Crippen LogP contribution is 2.54. The third kappa shape index (κ3) is 5.67. The quantitative estimate of drug-likeness (QED) is 0.219. The second-order valence-corrected chi connectivity index (χ2v) is 13.0. The molecule has 230 valence electrons. The maximum Gasteiger partial charge on any atom is 0.338 e. The Morgan fingerprint density at radius 1 is 0.911 bits per heavy atom. The molecular formula is C33H30N4O6S2. The molecule has 1 N–H and O–H groups in total. The SMILES string of the molecule is CCOC(=O)c1ccc(NC(=O)Cn2c3c(sc2=O)C(c2ccc(N(C)C)cc2)C2C(=O)N(c4ccccc4)C(=O)C2S3)cc1. The highest BCUT2D eigenvalue weighted by Gasteiger charge is 2.56.